The fourth-order valence-corrected chi connectivity index (χ4v) is 1.54. The predicted octanol–water partition coefficient (Wildman–Crippen LogP) is 2.42. The van der Waals surface area contributed by atoms with Crippen LogP contribution < -0.4 is 15.4 Å². The number of nitrogens with zero attached hydrogens (tertiary/aromatic N) is 1. The molecule has 106 valence electrons. The smallest absolute Gasteiger partial charge is 0.191 e. The van der Waals surface area contributed by atoms with Gasteiger partial charge in [-0.15, -0.1) is 0 Å². The van der Waals surface area contributed by atoms with Crippen LogP contribution in [0.25, 0.3) is 0 Å². The number of ether oxygens (including phenoxy) is 1. The fraction of sp³-hybridized carbons (Fsp3) is 0.533. The van der Waals surface area contributed by atoms with Crippen LogP contribution >= 0.6 is 0 Å². The van der Waals surface area contributed by atoms with Gasteiger partial charge in [-0.05, 0) is 32.4 Å². The first kappa shape index (κ1) is 15.3. The van der Waals surface area contributed by atoms with Crippen molar-refractivity contribution in [3.63, 3.8) is 0 Å². The van der Waals surface area contributed by atoms with Crippen LogP contribution in [0.4, 0.5) is 0 Å². The van der Waals surface area contributed by atoms with Gasteiger partial charge in [0.1, 0.15) is 11.9 Å². The molecule has 0 aliphatic carbocycles. The molecule has 0 fully saturated rings. The van der Waals surface area contributed by atoms with Gasteiger partial charge in [-0.3, -0.25) is 4.99 Å². The van der Waals surface area contributed by atoms with Crippen molar-refractivity contribution in [3.05, 3.63) is 30.3 Å². The maximum atomic E-state index is 5.80. The molecular weight excluding hydrogens is 238 g/mol. The van der Waals surface area contributed by atoms with Gasteiger partial charge in [0.25, 0.3) is 0 Å². The Morgan fingerprint density at radius 1 is 1.26 bits per heavy atom. The Balaban J connectivity index is 2.34. The molecule has 0 heterocycles. The Bertz CT molecular complexity index is 378. The number of hydrogen-bond donors (Lipinski definition) is 2. The highest BCUT2D eigenvalue weighted by atomic mass is 16.5. The molecule has 0 spiro atoms. The summed E-state index contributed by atoms with van der Waals surface area (Å²) in [4.78, 5) is 4.19. The zero-order valence-electron chi connectivity index (χ0n) is 12.3. The van der Waals surface area contributed by atoms with E-state index in [-0.39, 0.29) is 6.10 Å². The molecule has 0 radical (unpaired) electrons. The SMILES string of the molecule is CCC(C)NC(=NC)NCC(C)Oc1ccccc1. The molecule has 0 bridgehead atoms. The van der Waals surface area contributed by atoms with Gasteiger partial charge >= 0.3 is 0 Å². The van der Waals surface area contributed by atoms with E-state index in [9.17, 15) is 0 Å². The number of guanidine groups is 1. The van der Waals surface area contributed by atoms with Crippen molar-refractivity contribution in [1.29, 1.82) is 0 Å². The summed E-state index contributed by atoms with van der Waals surface area (Å²) >= 11 is 0. The Labute approximate surface area is 116 Å². The summed E-state index contributed by atoms with van der Waals surface area (Å²) in [6.07, 6.45) is 1.15. The van der Waals surface area contributed by atoms with Crippen molar-refractivity contribution < 1.29 is 4.74 Å². The molecule has 0 aliphatic rings. The molecule has 0 aliphatic heterocycles. The average Bonchev–Trinajstić information content (AvgIpc) is 2.44. The van der Waals surface area contributed by atoms with Gasteiger partial charge < -0.3 is 15.4 Å². The van der Waals surface area contributed by atoms with Crippen LogP contribution in [0.2, 0.25) is 0 Å². The average molecular weight is 263 g/mol. The minimum Gasteiger partial charge on any atom is -0.489 e. The fourth-order valence-electron chi connectivity index (χ4n) is 1.54. The lowest BCUT2D eigenvalue weighted by Crippen LogP contribution is -2.45. The van der Waals surface area contributed by atoms with Crippen molar-refractivity contribution in [2.24, 2.45) is 4.99 Å². The standard InChI is InChI=1S/C15H25N3O/c1-5-12(2)18-15(16-4)17-11-13(3)19-14-9-7-6-8-10-14/h6-10,12-13H,5,11H2,1-4H3,(H2,16,17,18). The normalized spacial score (nSPS) is 14.6. The summed E-state index contributed by atoms with van der Waals surface area (Å²) < 4.78 is 5.80. The second-order valence-corrected chi connectivity index (χ2v) is 4.65. The van der Waals surface area contributed by atoms with Crippen LogP contribution in [0.15, 0.2) is 35.3 Å². The highest BCUT2D eigenvalue weighted by Gasteiger charge is 2.06. The molecule has 0 saturated carbocycles. The highest BCUT2D eigenvalue weighted by molar-refractivity contribution is 5.79. The monoisotopic (exact) mass is 263 g/mol. The van der Waals surface area contributed by atoms with E-state index in [2.05, 4.69) is 29.5 Å². The molecule has 1 rings (SSSR count). The molecule has 2 unspecified atom stereocenters. The third kappa shape index (κ3) is 6.13. The molecule has 2 N–H and O–H groups in total. The number of benzene rings is 1. The lowest BCUT2D eigenvalue weighted by molar-refractivity contribution is 0.223. The van der Waals surface area contributed by atoms with Crippen LogP contribution in [-0.2, 0) is 0 Å². The minimum atomic E-state index is 0.0814. The van der Waals surface area contributed by atoms with Gasteiger partial charge in [0.2, 0.25) is 0 Å². The van der Waals surface area contributed by atoms with Crippen LogP contribution in [0.3, 0.4) is 0 Å². The summed E-state index contributed by atoms with van der Waals surface area (Å²) in [5.41, 5.74) is 0. The van der Waals surface area contributed by atoms with E-state index in [0.29, 0.717) is 12.6 Å². The molecule has 0 saturated heterocycles. The zero-order valence-corrected chi connectivity index (χ0v) is 12.3. The number of rotatable bonds is 6. The summed E-state index contributed by atoms with van der Waals surface area (Å²) in [6, 6.07) is 10.3. The van der Waals surface area contributed by atoms with Gasteiger partial charge in [0.05, 0.1) is 6.54 Å². The van der Waals surface area contributed by atoms with Crippen molar-refractivity contribution in [2.75, 3.05) is 13.6 Å². The Morgan fingerprint density at radius 2 is 1.95 bits per heavy atom. The van der Waals surface area contributed by atoms with Crippen molar-refractivity contribution in [2.45, 2.75) is 39.3 Å². The summed E-state index contributed by atoms with van der Waals surface area (Å²) in [5.74, 6) is 1.71. The Hall–Kier alpha value is -1.71. The third-order valence-corrected chi connectivity index (χ3v) is 2.86. The predicted molar refractivity (Wildman–Crippen MR) is 80.8 cm³/mol. The lowest BCUT2D eigenvalue weighted by atomic mass is 10.3. The van der Waals surface area contributed by atoms with E-state index in [1.54, 1.807) is 7.05 Å². The number of nitrogens with one attached hydrogen (secondary N) is 2. The second kappa shape index (κ2) is 8.40. The van der Waals surface area contributed by atoms with E-state index in [1.165, 1.54) is 0 Å². The Kier molecular flexibility index (Phi) is 6.79. The van der Waals surface area contributed by atoms with Gasteiger partial charge in [-0.25, -0.2) is 0 Å². The van der Waals surface area contributed by atoms with Crippen LogP contribution in [0, 0.1) is 0 Å². The van der Waals surface area contributed by atoms with E-state index in [1.807, 2.05) is 37.3 Å². The molecular formula is C15H25N3O. The molecule has 0 aromatic heterocycles. The van der Waals surface area contributed by atoms with Crippen LogP contribution in [0.1, 0.15) is 27.2 Å². The van der Waals surface area contributed by atoms with Gasteiger partial charge in [-0.2, -0.15) is 0 Å². The summed E-state index contributed by atoms with van der Waals surface area (Å²) in [7, 11) is 1.78. The van der Waals surface area contributed by atoms with E-state index in [0.717, 1.165) is 18.1 Å². The molecule has 2 atom stereocenters. The molecule has 19 heavy (non-hydrogen) atoms. The van der Waals surface area contributed by atoms with Crippen molar-refractivity contribution in [1.82, 2.24) is 10.6 Å². The van der Waals surface area contributed by atoms with Gasteiger partial charge in [-0.1, -0.05) is 25.1 Å². The van der Waals surface area contributed by atoms with E-state index in [4.69, 9.17) is 4.74 Å². The molecule has 1 aromatic carbocycles. The first-order chi connectivity index (χ1) is 9.15. The van der Waals surface area contributed by atoms with Gasteiger partial charge in [0.15, 0.2) is 5.96 Å². The number of hydrogen-bond acceptors (Lipinski definition) is 2. The Morgan fingerprint density at radius 3 is 2.53 bits per heavy atom. The number of para-hydroxylation sites is 1. The van der Waals surface area contributed by atoms with Gasteiger partial charge in [0, 0.05) is 13.1 Å². The van der Waals surface area contributed by atoms with Crippen molar-refractivity contribution >= 4 is 5.96 Å². The summed E-state index contributed by atoms with van der Waals surface area (Å²) in [6.45, 7) is 7.03. The quantitative estimate of drug-likeness (QED) is 0.612. The van der Waals surface area contributed by atoms with Crippen LogP contribution in [-0.4, -0.2) is 31.7 Å². The van der Waals surface area contributed by atoms with Crippen LogP contribution in [0.5, 0.6) is 5.75 Å². The highest BCUT2D eigenvalue weighted by Crippen LogP contribution is 2.10. The lowest BCUT2D eigenvalue weighted by Gasteiger charge is -2.19. The largest absolute Gasteiger partial charge is 0.489 e. The number of aliphatic imine (C=N–C) groups is 1. The minimum absolute atomic E-state index is 0.0814. The molecule has 4 nitrogen and oxygen atoms in total. The van der Waals surface area contributed by atoms with Crippen molar-refractivity contribution in [3.8, 4) is 5.75 Å². The maximum Gasteiger partial charge on any atom is 0.191 e. The molecule has 0 amide bonds. The van der Waals surface area contributed by atoms with E-state index < -0.39 is 0 Å². The molecule has 4 heteroatoms. The first-order valence-electron chi connectivity index (χ1n) is 6.84. The molecule has 1 aromatic rings. The third-order valence-electron chi connectivity index (χ3n) is 2.86. The first-order valence-corrected chi connectivity index (χ1v) is 6.84. The topological polar surface area (TPSA) is 45.7 Å². The maximum absolute atomic E-state index is 5.80. The summed E-state index contributed by atoms with van der Waals surface area (Å²) in [5, 5.41) is 6.59. The zero-order chi connectivity index (χ0) is 14.1. The van der Waals surface area contributed by atoms with E-state index >= 15 is 0 Å². The second-order valence-electron chi connectivity index (χ2n) is 4.65.